The highest BCUT2D eigenvalue weighted by Crippen LogP contribution is 2.39. The zero-order chi connectivity index (χ0) is 35.0. The van der Waals surface area contributed by atoms with Gasteiger partial charge in [0.1, 0.15) is 24.4 Å². The molecule has 0 aromatic carbocycles. The molecule has 3 aliphatic heterocycles. The molecule has 0 spiro atoms. The van der Waals surface area contributed by atoms with Gasteiger partial charge in [-0.3, -0.25) is 4.99 Å². The molecule has 1 aliphatic carbocycles. The van der Waals surface area contributed by atoms with Crippen LogP contribution in [-0.4, -0.2) is 131 Å². The number of hydrogen-bond donors (Lipinski definition) is 8. The van der Waals surface area contributed by atoms with E-state index in [1.54, 1.807) is 17.1 Å². The highest BCUT2D eigenvalue weighted by molar-refractivity contribution is 5.95. The van der Waals surface area contributed by atoms with Crippen LogP contribution in [0.2, 0.25) is 0 Å². The van der Waals surface area contributed by atoms with E-state index in [1.807, 2.05) is 6.08 Å². The van der Waals surface area contributed by atoms with Crippen molar-refractivity contribution in [3.8, 4) is 0 Å². The summed E-state index contributed by atoms with van der Waals surface area (Å²) in [6, 6.07) is 0. The summed E-state index contributed by atoms with van der Waals surface area (Å²) in [4.78, 5) is 30.9. The van der Waals surface area contributed by atoms with Crippen LogP contribution >= 0.6 is 0 Å². The Morgan fingerprint density at radius 1 is 1.12 bits per heavy atom. The van der Waals surface area contributed by atoms with Crippen molar-refractivity contribution in [2.45, 2.75) is 69.1 Å². The molecule has 0 aromatic rings. The SMILES string of the molecule is CN=C(N)NC1=C(C=CC2C(C(=O)OC)=COC(OC3OC(CO)C(O)C(O)C3O)C2C=C2CCCCC2)CN(CCO)C=C1C(=O)O. The van der Waals surface area contributed by atoms with Gasteiger partial charge in [0, 0.05) is 32.3 Å². The molecule has 1 saturated heterocycles. The third kappa shape index (κ3) is 8.63. The van der Waals surface area contributed by atoms with Gasteiger partial charge in [0.05, 0.1) is 49.3 Å². The molecule has 1 saturated carbocycles. The summed E-state index contributed by atoms with van der Waals surface area (Å²) in [7, 11) is 2.67. The third-order valence-corrected chi connectivity index (χ3v) is 8.77. The van der Waals surface area contributed by atoms with Gasteiger partial charge in [-0.15, -0.1) is 0 Å². The van der Waals surface area contributed by atoms with Crippen LogP contribution in [0.3, 0.4) is 0 Å². The van der Waals surface area contributed by atoms with Crippen molar-refractivity contribution in [2.24, 2.45) is 22.6 Å². The van der Waals surface area contributed by atoms with Crippen LogP contribution in [0.1, 0.15) is 32.1 Å². The van der Waals surface area contributed by atoms with Crippen LogP contribution in [-0.2, 0) is 28.5 Å². The van der Waals surface area contributed by atoms with E-state index < -0.39 is 67.4 Å². The number of guanidine groups is 1. The number of carbonyl (C=O) groups is 2. The summed E-state index contributed by atoms with van der Waals surface area (Å²) in [5.41, 5.74) is 7.66. The van der Waals surface area contributed by atoms with Crippen LogP contribution in [0, 0.1) is 11.8 Å². The van der Waals surface area contributed by atoms with Gasteiger partial charge in [-0.1, -0.05) is 30.2 Å². The molecule has 266 valence electrons. The second kappa shape index (κ2) is 17.1. The lowest BCUT2D eigenvalue weighted by atomic mass is 9.80. The van der Waals surface area contributed by atoms with Crippen molar-refractivity contribution < 1.29 is 59.2 Å². The fraction of sp³-hybridized carbons (Fsp3) is 0.594. The molecule has 0 radical (unpaired) electrons. The first-order valence-electron chi connectivity index (χ1n) is 15.8. The molecule has 0 aromatic heterocycles. The highest BCUT2D eigenvalue weighted by atomic mass is 16.8. The van der Waals surface area contributed by atoms with E-state index in [-0.39, 0.29) is 42.5 Å². The van der Waals surface area contributed by atoms with Gasteiger partial charge < -0.3 is 65.5 Å². The molecule has 8 atom stereocenters. The van der Waals surface area contributed by atoms with Gasteiger partial charge >= 0.3 is 11.9 Å². The van der Waals surface area contributed by atoms with E-state index in [2.05, 4.69) is 10.3 Å². The molecule has 4 aliphatic rings. The summed E-state index contributed by atoms with van der Waals surface area (Å²) >= 11 is 0. The van der Waals surface area contributed by atoms with Crippen molar-refractivity contribution in [1.29, 1.82) is 0 Å². The molecule has 48 heavy (non-hydrogen) atoms. The number of allylic oxidation sites excluding steroid dienone is 2. The number of aliphatic imine (C=N–C) groups is 1. The van der Waals surface area contributed by atoms with E-state index in [0.29, 0.717) is 5.57 Å². The number of nitrogens with zero attached hydrogens (tertiary/aromatic N) is 2. The first-order chi connectivity index (χ1) is 23.0. The van der Waals surface area contributed by atoms with Gasteiger partial charge in [0.15, 0.2) is 12.2 Å². The van der Waals surface area contributed by atoms with E-state index in [1.165, 1.54) is 26.6 Å². The Balaban J connectivity index is 1.80. The normalized spacial score (nSPS) is 31.6. The molecule has 9 N–H and O–H groups in total. The predicted octanol–water partition coefficient (Wildman–Crippen LogP) is -1.04. The van der Waals surface area contributed by atoms with Gasteiger partial charge in [0.2, 0.25) is 6.29 Å². The second-order valence-corrected chi connectivity index (χ2v) is 11.9. The number of ether oxygens (including phenoxy) is 4. The number of aliphatic carboxylic acids is 1. The van der Waals surface area contributed by atoms with Crippen molar-refractivity contribution in [2.75, 3.05) is 40.5 Å². The van der Waals surface area contributed by atoms with Crippen molar-refractivity contribution in [1.82, 2.24) is 10.2 Å². The van der Waals surface area contributed by atoms with Crippen LogP contribution < -0.4 is 11.1 Å². The molecule has 16 heteroatoms. The van der Waals surface area contributed by atoms with Crippen molar-refractivity contribution >= 4 is 17.9 Å². The standard InChI is InChI=1S/C32H46N4O12/c1-34-32(33)35-24-18(13-36(10-11-37)14-21(24)28(42)43)8-9-19-20(12-17-6-4-3-5-7-17)30(46-16-22(19)29(44)45-2)48-31-27(41)26(40)25(39)23(15-38)47-31/h8-9,12,14,16,19-20,23,25-27,30-31,37-41H,3-7,10-11,13,15H2,1-2H3,(H,42,43)(H3,33,34,35). The summed E-state index contributed by atoms with van der Waals surface area (Å²) in [5.74, 6) is -3.48. The number of esters is 1. The van der Waals surface area contributed by atoms with Crippen molar-refractivity contribution in [3.63, 3.8) is 0 Å². The average Bonchev–Trinajstić information content (AvgIpc) is 3.09. The number of carboxylic acids is 1. The number of aliphatic hydroxyl groups excluding tert-OH is 5. The topological polar surface area (TPSA) is 246 Å². The number of nitrogens with one attached hydrogen (secondary N) is 1. The lowest BCUT2D eigenvalue weighted by molar-refractivity contribution is -0.338. The maximum absolute atomic E-state index is 13.1. The quantitative estimate of drug-likeness (QED) is 0.0563. The molecule has 3 heterocycles. The average molecular weight is 679 g/mol. The van der Waals surface area contributed by atoms with Gasteiger partial charge in [-0.2, -0.15) is 0 Å². The summed E-state index contributed by atoms with van der Waals surface area (Å²) in [5, 5.41) is 63.5. The van der Waals surface area contributed by atoms with E-state index in [0.717, 1.165) is 37.7 Å². The maximum Gasteiger partial charge on any atom is 0.339 e. The van der Waals surface area contributed by atoms with E-state index >= 15 is 0 Å². The minimum atomic E-state index is -1.69. The molecule has 4 rings (SSSR count). The summed E-state index contributed by atoms with van der Waals surface area (Å²) < 4.78 is 22.7. The summed E-state index contributed by atoms with van der Waals surface area (Å²) in [6.07, 6.45) is 3.58. The first kappa shape index (κ1) is 37.1. The minimum absolute atomic E-state index is 0.0345. The number of rotatable bonds is 11. The smallest absolute Gasteiger partial charge is 0.339 e. The third-order valence-electron chi connectivity index (χ3n) is 8.77. The molecule has 0 amide bonds. The number of β-amino-alcohol motifs (C(OH)–C–C–N with tert-alkyl or cyclic N) is 1. The minimum Gasteiger partial charge on any atom is -0.478 e. The number of hydrogen-bond acceptors (Lipinski definition) is 13. The van der Waals surface area contributed by atoms with E-state index in [9.17, 15) is 40.2 Å². The largest absolute Gasteiger partial charge is 0.478 e. The Hall–Kier alpha value is -3.77. The Morgan fingerprint density at radius 3 is 2.48 bits per heavy atom. The monoisotopic (exact) mass is 678 g/mol. The predicted molar refractivity (Wildman–Crippen MR) is 169 cm³/mol. The molecular formula is C32H46N4O12. The molecule has 16 nitrogen and oxygen atoms in total. The zero-order valence-electron chi connectivity index (χ0n) is 27.0. The Bertz CT molecular complexity index is 1350. The molecule has 8 unspecified atom stereocenters. The Kier molecular flexibility index (Phi) is 13.2. The van der Waals surface area contributed by atoms with E-state index in [4.69, 9.17) is 24.7 Å². The fourth-order valence-corrected chi connectivity index (χ4v) is 6.17. The highest BCUT2D eigenvalue weighted by Gasteiger charge is 2.47. The van der Waals surface area contributed by atoms with Gasteiger partial charge in [0.25, 0.3) is 0 Å². The van der Waals surface area contributed by atoms with Crippen LogP contribution in [0.15, 0.2) is 63.7 Å². The molecule has 0 bridgehead atoms. The number of aliphatic hydroxyl groups is 5. The van der Waals surface area contributed by atoms with Gasteiger partial charge in [-0.05, 0) is 31.3 Å². The first-order valence-corrected chi connectivity index (χ1v) is 15.8. The maximum atomic E-state index is 13.1. The number of nitrogens with two attached hydrogens (primary N) is 1. The number of methoxy groups -OCH3 is 1. The second-order valence-electron chi connectivity index (χ2n) is 11.9. The van der Waals surface area contributed by atoms with Gasteiger partial charge in [-0.25, -0.2) is 9.59 Å². The van der Waals surface area contributed by atoms with Crippen molar-refractivity contribution in [3.05, 3.63) is 58.7 Å². The van der Waals surface area contributed by atoms with Crippen LogP contribution in [0.25, 0.3) is 0 Å². The number of carbonyl (C=O) groups excluding carboxylic acids is 1. The lowest BCUT2D eigenvalue weighted by Gasteiger charge is -2.43. The summed E-state index contributed by atoms with van der Waals surface area (Å²) in [6.45, 7) is -0.568. The Labute approximate surface area is 278 Å². The van der Waals surface area contributed by atoms with Crippen LogP contribution in [0.5, 0.6) is 0 Å². The zero-order valence-corrected chi connectivity index (χ0v) is 27.0. The molecular weight excluding hydrogens is 632 g/mol. The lowest BCUT2D eigenvalue weighted by Crippen LogP contribution is -2.60. The fourth-order valence-electron chi connectivity index (χ4n) is 6.17. The van der Waals surface area contributed by atoms with Crippen LogP contribution in [0.4, 0.5) is 0 Å². The Morgan fingerprint density at radius 2 is 1.85 bits per heavy atom. The molecule has 2 fully saturated rings. The number of carboxylic acid groups (broad SMARTS) is 1.